The Balaban J connectivity index is 1.49. The second kappa shape index (κ2) is 8.19. The first kappa shape index (κ1) is 20.9. The van der Waals surface area contributed by atoms with E-state index in [0.29, 0.717) is 41.5 Å². The summed E-state index contributed by atoms with van der Waals surface area (Å²) in [6, 6.07) is 9.71. The first-order chi connectivity index (χ1) is 15.5. The van der Waals surface area contributed by atoms with E-state index in [4.69, 9.17) is 9.47 Å². The van der Waals surface area contributed by atoms with Crippen molar-refractivity contribution in [2.45, 2.75) is 24.3 Å². The Bertz CT molecular complexity index is 1380. The zero-order valence-electron chi connectivity index (χ0n) is 17.2. The number of thiazole rings is 1. The number of ether oxygens (including phenoxy) is 2. The molecular weight excluding hydrogens is 450 g/mol. The molecule has 0 saturated carbocycles. The van der Waals surface area contributed by atoms with E-state index in [1.54, 1.807) is 6.08 Å². The number of rotatable bonds is 5. The molecule has 10 heteroatoms. The fourth-order valence-corrected chi connectivity index (χ4v) is 6.41. The number of benzene rings is 2. The molecule has 32 heavy (non-hydrogen) atoms. The van der Waals surface area contributed by atoms with Crippen LogP contribution in [0.1, 0.15) is 23.2 Å². The predicted octanol–water partition coefficient (Wildman–Crippen LogP) is 3.14. The van der Waals surface area contributed by atoms with Gasteiger partial charge in [-0.25, -0.2) is 8.42 Å². The highest BCUT2D eigenvalue weighted by Crippen LogP contribution is 2.37. The van der Waals surface area contributed by atoms with Crippen LogP contribution < -0.4 is 14.3 Å². The summed E-state index contributed by atoms with van der Waals surface area (Å²) in [4.78, 5) is 17.9. The van der Waals surface area contributed by atoms with Crippen LogP contribution in [-0.2, 0) is 16.6 Å². The van der Waals surface area contributed by atoms with Gasteiger partial charge < -0.3 is 14.0 Å². The molecular formula is C22H21N3O5S2. The van der Waals surface area contributed by atoms with E-state index in [2.05, 4.69) is 11.6 Å². The van der Waals surface area contributed by atoms with Crippen molar-refractivity contribution in [2.24, 2.45) is 4.99 Å². The molecule has 0 radical (unpaired) electrons. The highest BCUT2D eigenvalue weighted by atomic mass is 32.2. The Hall–Kier alpha value is -2.95. The summed E-state index contributed by atoms with van der Waals surface area (Å²) in [7, 11) is -3.52. The summed E-state index contributed by atoms with van der Waals surface area (Å²) in [5.74, 6) is 0.873. The molecule has 0 unspecified atom stereocenters. The Kier molecular flexibility index (Phi) is 5.36. The molecule has 0 bridgehead atoms. The summed E-state index contributed by atoms with van der Waals surface area (Å²) in [6.07, 6.45) is 3.48. The predicted molar refractivity (Wildman–Crippen MR) is 120 cm³/mol. The van der Waals surface area contributed by atoms with E-state index in [-0.39, 0.29) is 11.7 Å². The van der Waals surface area contributed by atoms with E-state index < -0.39 is 15.9 Å². The molecule has 2 aromatic carbocycles. The molecule has 2 aliphatic rings. The minimum absolute atomic E-state index is 0.188. The molecule has 1 amide bonds. The third-order valence-electron chi connectivity index (χ3n) is 5.49. The molecule has 166 valence electrons. The molecule has 0 spiro atoms. The summed E-state index contributed by atoms with van der Waals surface area (Å²) >= 11 is 1.37. The number of fused-ring (bicyclic) bond motifs is 2. The first-order valence-electron chi connectivity index (χ1n) is 10.2. The number of carbonyl (C=O) groups excluding carboxylic acids is 1. The first-order valence-corrected chi connectivity index (χ1v) is 12.5. The van der Waals surface area contributed by atoms with Crippen molar-refractivity contribution in [3.05, 3.63) is 59.4 Å². The summed E-state index contributed by atoms with van der Waals surface area (Å²) in [5, 5.41) is 0. The van der Waals surface area contributed by atoms with Crippen molar-refractivity contribution in [1.82, 2.24) is 8.87 Å². The van der Waals surface area contributed by atoms with Crippen molar-refractivity contribution in [3.8, 4) is 11.5 Å². The minimum atomic E-state index is -3.52. The lowest BCUT2D eigenvalue weighted by molar-refractivity contribution is 0.0997. The zero-order valence-corrected chi connectivity index (χ0v) is 18.8. The van der Waals surface area contributed by atoms with Gasteiger partial charge in [-0.2, -0.15) is 9.30 Å². The molecule has 0 aliphatic carbocycles. The van der Waals surface area contributed by atoms with Gasteiger partial charge >= 0.3 is 0 Å². The Morgan fingerprint density at radius 3 is 2.50 bits per heavy atom. The molecule has 0 N–H and O–H groups in total. The highest BCUT2D eigenvalue weighted by Gasteiger charge is 2.27. The number of hydrogen-bond donors (Lipinski definition) is 0. The van der Waals surface area contributed by atoms with Gasteiger partial charge in [-0.05, 0) is 37.1 Å². The topological polar surface area (TPSA) is 90.2 Å². The molecule has 0 atom stereocenters. The lowest BCUT2D eigenvalue weighted by atomic mass is 10.2. The number of aromatic nitrogens is 1. The van der Waals surface area contributed by atoms with Gasteiger partial charge in [0.15, 0.2) is 16.3 Å². The summed E-state index contributed by atoms with van der Waals surface area (Å²) in [6.45, 7) is 5.53. The largest absolute Gasteiger partial charge is 0.454 e. The Labute approximate surface area is 189 Å². The molecule has 1 fully saturated rings. The summed E-state index contributed by atoms with van der Waals surface area (Å²) in [5.41, 5.74) is 1.19. The van der Waals surface area contributed by atoms with Crippen LogP contribution in [0.15, 0.2) is 58.9 Å². The lowest BCUT2D eigenvalue weighted by Gasteiger charge is -2.15. The highest BCUT2D eigenvalue weighted by molar-refractivity contribution is 7.89. The fraction of sp³-hybridized carbons (Fsp3) is 0.273. The zero-order chi connectivity index (χ0) is 22.3. The number of nitrogens with zero attached hydrogens (tertiary/aromatic N) is 3. The molecule has 3 aromatic rings. The Morgan fingerprint density at radius 1 is 1.12 bits per heavy atom. The van der Waals surface area contributed by atoms with Crippen molar-refractivity contribution >= 4 is 37.5 Å². The molecule has 1 saturated heterocycles. The number of sulfonamides is 1. The van der Waals surface area contributed by atoms with Gasteiger partial charge in [0.2, 0.25) is 16.8 Å². The van der Waals surface area contributed by atoms with Gasteiger partial charge in [0.1, 0.15) is 0 Å². The number of carbonyl (C=O) groups is 1. The van der Waals surface area contributed by atoms with Crippen LogP contribution in [0.25, 0.3) is 10.2 Å². The number of allylic oxidation sites excluding steroid dienone is 1. The SMILES string of the molecule is C=CCn1c(=NC(=O)c2ccc(S(=O)(=O)N3CCCC3)cc2)sc2cc3c(cc21)OCO3. The van der Waals surface area contributed by atoms with Crippen molar-refractivity contribution in [2.75, 3.05) is 19.9 Å². The molecule has 2 aliphatic heterocycles. The van der Waals surface area contributed by atoms with E-state index in [9.17, 15) is 13.2 Å². The fourth-order valence-electron chi connectivity index (χ4n) is 3.85. The maximum atomic E-state index is 12.9. The van der Waals surface area contributed by atoms with Crippen LogP contribution in [-0.4, -0.2) is 43.1 Å². The van der Waals surface area contributed by atoms with Gasteiger partial charge in [-0.1, -0.05) is 17.4 Å². The van der Waals surface area contributed by atoms with Crippen LogP contribution in [0.3, 0.4) is 0 Å². The quantitative estimate of drug-likeness (QED) is 0.534. The van der Waals surface area contributed by atoms with Gasteiger partial charge in [-0.3, -0.25) is 4.79 Å². The van der Waals surface area contributed by atoms with E-state index in [1.807, 2.05) is 16.7 Å². The normalized spacial score (nSPS) is 16.7. The van der Waals surface area contributed by atoms with Gasteiger partial charge in [0.25, 0.3) is 5.91 Å². The second-order valence-electron chi connectivity index (χ2n) is 7.51. The van der Waals surface area contributed by atoms with Gasteiger partial charge in [-0.15, -0.1) is 6.58 Å². The molecule has 5 rings (SSSR count). The smallest absolute Gasteiger partial charge is 0.279 e. The molecule has 8 nitrogen and oxygen atoms in total. The van der Waals surface area contributed by atoms with Crippen LogP contribution in [0.2, 0.25) is 0 Å². The third-order valence-corrected chi connectivity index (χ3v) is 8.44. The lowest BCUT2D eigenvalue weighted by Crippen LogP contribution is -2.27. The van der Waals surface area contributed by atoms with Gasteiger partial charge in [0.05, 0.1) is 15.1 Å². The van der Waals surface area contributed by atoms with Crippen molar-refractivity contribution in [3.63, 3.8) is 0 Å². The minimum Gasteiger partial charge on any atom is -0.454 e. The third kappa shape index (κ3) is 3.64. The standard InChI is InChI=1S/C22H21N3O5S2/c1-2-9-25-17-12-18-19(30-14-29-18)13-20(17)31-22(25)23-21(26)15-5-7-16(8-6-15)32(27,28)24-10-3-4-11-24/h2,5-8,12-13H,1,3-4,9-11,14H2. The van der Waals surface area contributed by atoms with Crippen molar-refractivity contribution in [1.29, 1.82) is 0 Å². The summed E-state index contributed by atoms with van der Waals surface area (Å²) < 4.78 is 40.6. The van der Waals surface area contributed by atoms with E-state index in [0.717, 1.165) is 23.1 Å². The molecule has 3 heterocycles. The van der Waals surface area contributed by atoms with Crippen LogP contribution in [0.5, 0.6) is 11.5 Å². The van der Waals surface area contributed by atoms with E-state index >= 15 is 0 Å². The van der Waals surface area contributed by atoms with Crippen LogP contribution >= 0.6 is 11.3 Å². The maximum absolute atomic E-state index is 12.9. The maximum Gasteiger partial charge on any atom is 0.279 e. The van der Waals surface area contributed by atoms with Crippen LogP contribution in [0.4, 0.5) is 0 Å². The van der Waals surface area contributed by atoms with Crippen LogP contribution in [0, 0.1) is 0 Å². The average Bonchev–Trinajstić information content (AvgIpc) is 3.54. The monoisotopic (exact) mass is 471 g/mol. The Morgan fingerprint density at radius 2 is 1.81 bits per heavy atom. The average molecular weight is 472 g/mol. The number of hydrogen-bond acceptors (Lipinski definition) is 6. The van der Waals surface area contributed by atoms with Crippen molar-refractivity contribution < 1.29 is 22.7 Å². The van der Waals surface area contributed by atoms with Gasteiger partial charge in [0, 0.05) is 37.3 Å². The number of amides is 1. The van der Waals surface area contributed by atoms with E-state index in [1.165, 1.54) is 39.9 Å². The molecule has 1 aromatic heterocycles. The second-order valence-corrected chi connectivity index (χ2v) is 10.5.